The summed E-state index contributed by atoms with van der Waals surface area (Å²) in [5, 5.41) is 0. The molecule has 0 heterocycles. The molecule has 0 saturated heterocycles. The summed E-state index contributed by atoms with van der Waals surface area (Å²) in [4.78, 5) is 0. The van der Waals surface area contributed by atoms with Gasteiger partial charge in [-0.05, 0) is 33.4 Å². The summed E-state index contributed by atoms with van der Waals surface area (Å²) in [5.41, 5.74) is 12.8. The van der Waals surface area contributed by atoms with E-state index in [-0.39, 0.29) is 6.10 Å². The number of rotatable bonds is 6. The van der Waals surface area contributed by atoms with Crippen LogP contribution in [0.4, 0.5) is 0 Å². The molecule has 1 atom stereocenters. The van der Waals surface area contributed by atoms with Crippen molar-refractivity contribution in [1.82, 2.24) is 0 Å². The molecule has 0 saturated carbocycles. The fourth-order valence-electron chi connectivity index (χ4n) is 3.33. The number of hydrogen-bond acceptors (Lipinski definition) is 2. The minimum Gasteiger partial charge on any atom is -0.375 e. The first-order chi connectivity index (χ1) is 15.2. The molecular weight excluding hydrogens is 378 g/mol. The number of benzene rings is 4. The third-order valence-electron chi connectivity index (χ3n) is 5.14. The fraction of sp³-hybridized carbons (Fsp3) is 0.103. The van der Waals surface area contributed by atoms with Crippen molar-refractivity contribution < 1.29 is 4.74 Å². The third kappa shape index (κ3) is 6.26. The van der Waals surface area contributed by atoms with Crippen molar-refractivity contribution in [2.75, 3.05) is 13.7 Å². The minimum atomic E-state index is -0.0141. The van der Waals surface area contributed by atoms with Gasteiger partial charge in [0.25, 0.3) is 0 Å². The van der Waals surface area contributed by atoms with Crippen molar-refractivity contribution in [3.8, 4) is 22.3 Å². The Labute approximate surface area is 185 Å². The SMILES string of the molecule is C=Cc1ccc(-c2ccccc2)cc1.COC(CN)c1ccc(-c2ccccc2)cc1. The highest BCUT2D eigenvalue weighted by Crippen LogP contribution is 2.22. The first-order valence-corrected chi connectivity index (χ1v) is 10.4. The van der Waals surface area contributed by atoms with Crippen molar-refractivity contribution in [3.05, 3.63) is 127 Å². The van der Waals surface area contributed by atoms with Crippen molar-refractivity contribution in [2.45, 2.75) is 6.10 Å². The van der Waals surface area contributed by atoms with E-state index in [4.69, 9.17) is 10.5 Å². The zero-order valence-electron chi connectivity index (χ0n) is 17.9. The zero-order chi connectivity index (χ0) is 21.9. The van der Waals surface area contributed by atoms with E-state index in [1.54, 1.807) is 7.11 Å². The molecule has 4 rings (SSSR count). The van der Waals surface area contributed by atoms with Gasteiger partial charge in [0, 0.05) is 13.7 Å². The highest BCUT2D eigenvalue weighted by Gasteiger charge is 2.07. The van der Waals surface area contributed by atoms with Crippen LogP contribution in [0.15, 0.2) is 116 Å². The van der Waals surface area contributed by atoms with Crippen molar-refractivity contribution in [1.29, 1.82) is 0 Å². The highest BCUT2D eigenvalue weighted by atomic mass is 16.5. The summed E-state index contributed by atoms with van der Waals surface area (Å²) in [7, 11) is 1.68. The number of methoxy groups -OCH3 is 1. The lowest BCUT2D eigenvalue weighted by Crippen LogP contribution is -2.13. The summed E-state index contributed by atoms with van der Waals surface area (Å²) >= 11 is 0. The van der Waals surface area contributed by atoms with Gasteiger partial charge in [0.1, 0.15) is 0 Å². The van der Waals surface area contributed by atoms with Gasteiger partial charge in [-0.25, -0.2) is 0 Å². The van der Waals surface area contributed by atoms with Gasteiger partial charge in [0.05, 0.1) is 6.10 Å². The first-order valence-electron chi connectivity index (χ1n) is 10.4. The molecule has 0 aliphatic carbocycles. The topological polar surface area (TPSA) is 35.2 Å². The second-order valence-electron chi connectivity index (χ2n) is 7.14. The van der Waals surface area contributed by atoms with Crippen LogP contribution in [0.5, 0.6) is 0 Å². The first kappa shape index (κ1) is 22.2. The van der Waals surface area contributed by atoms with Crippen LogP contribution in [0.1, 0.15) is 17.2 Å². The summed E-state index contributed by atoms with van der Waals surface area (Å²) in [5.74, 6) is 0. The van der Waals surface area contributed by atoms with Crippen LogP contribution in [0, 0.1) is 0 Å². The Bertz CT molecular complexity index is 1040. The highest BCUT2D eigenvalue weighted by molar-refractivity contribution is 5.65. The normalized spacial score (nSPS) is 11.2. The van der Waals surface area contributed by atoms with Gasteiger partial charge in [0.2, 0.25) is 0 Å². The molecule has 0 spiro atoms. The quantitative estimate of drug-likeness (QED) is 0.373. The van der Waals surface area contributed by atoms with E-state index in [0.717, 1.165) is 11.1 Å². The maximum Gasteiger partial charge on any atom is 0.0943 e. The average Bonchev–Trinajstić information content (AvgIpc) is 2.87. The molecular formula is C29H29NO. The Balaban J connectivity index is 0.000000179. The van der Waals surface area contributed by atoms with Crippen LogP contribution < -0.4 is 5.73 Å². The summed E-state index contributed by atoms with van der Waals surface area (Å²) in [6.07, 6.45) is 1.84. The van der Waals surface area contributed by atoms with Crippen molar-refractivity contribution in [2.24, 2.45) is 5.73 Å². The summed E-state index contributed by atoms with van der Waals surface area (Å²) in [6.45, 7) is 4.23. The van der Waals surface area contributed by atoms with E-state index in [0.29, 0.717) is 6.54 Å². The number of hydrogen-bond donors (Lipinski definition) is 1. The van der Waals surface area contributed by atoms with E-state index in [2.05, 4.69) is 91.5 Å². The van der Waals surface area contributed by atoms with Gasteiger partial charge in [-0.1, -0.05) is 122 Å². The fourth-order valence-corrected chi connectivity index (χ4v) is 3.33. The standard InChI is InChI=1S/C15H17NO.C14H12/c1-17-15(11-16)14-9-7-13(8-10-14)12-5-3-2-4-6-12;1-2-12-8-10-14(11-9-12)13-6-4-3-5-7-13/h2-10,15H,11,16H2,1H3;2-11H,1H2. The van der Waals surface area contributed by atoms with Gasteiger partial charge in [-0.3, -0.25) is 0 Å². The molecule has 0 bridgehead atoms. The molecule has 2 heteroatoms. The lowest BCUT2D eigenvalue weighted by molar-refractivity contribution is 0.110. The number of nitrogens with two attached hydrogens (primary N) is 1. The molecule has 1 unspecified atom stereocenters. The summed E-state index contributed by atoms with van der Waals surface area (Å²) < 4.78 is 5.31. The van der Waals surface area contributed by atoms with Gasteiger partial charge < -0.3 is 10.5 Å². The van der Waals surface area contributed by atoms with Crippen LogP contribution in [-0.4, -0.2) is 13.7 Å². The van der Waals surface area contributed by atoms with Gasteiger partial charge >= 0.3 is 0 Å². The minimum absolute atomic E-state index is 0.0141. The van der Waals surface area contributed by atoms with Crippen LogP contribution in [-0.2, 0) is 4.74 Å². The van der Waals surface area contributed by atoms with E-state index in [1.165, 1.54) is 22.3 Å². The lowest BCUT2D eigenvalue weighted by atomic mass is 10.0. The predicted molar refractivity (Wildman–Crippen MR) is 133 cm³/mol. The average molecular weight is 408 g/mol. The molecule has 0 aliphatic rings. The molecule has 4 aromatic carbocycles. The zero-order valence-corrected chi connectivity index (χ0v) is 17.9. The summed E-state index contributed by atoms with van der Waals surface area (Å²) in [6, 6.07) is 37.4. The van der Waals surface area contributed by atoms with E-state index < -0.39 is 0 Å². The van der Waals surface area contributed by atoms with Gasteiger partial charge in [-0.2, -0.15) is 0 Å². The Morgan fingerprint density at radius 1 is 0.677 bits per heavy atom. The maximum atomic E-state index is 5.64. The monoisotopic (exact) mass is 407 g/mol. The van der Waals surface area contributed by atoms with Crippen LogP contribution in [0.3, 0.4) is 0 Å². The molecule has 31 heavy (non-hydrogen) atoms. The van der Waals surface area contributed by atoms with Crippen molar-refractivity contribution >= 4 is 6.08 Å². The predicted octanol–water partition coefficient (Wildman–Crippen LogP) is 7.00. The van der Waals surface area contributed by atoms with Crippen LogP contribution in [0.25, 0.3) is 28.3 Å². The van der Waals surface area contributed by atoms with Gasteiger partial charge in [-0.15, -0.1) is 0 Å². The maximum absolute atomic E-state index is 5.64. The lowest BCUT2D eigenvalue weighted by Gasteiger charge is -2.13. The second kappa shape index (κ2) is 11.7. The smallest absolute Gasteiger partial charge is 0.0943 e. The Hall–Kier alpha value is -3.46. The Kier molecular flexibility index (Phi) is 8.36. The molecule has 0 aliphatic heterocycles. The van der Waals surface area contributed by atoms with E-state index in [1.807, 2.05) is 30.3 Å². The molecule has 0 radical (unpaired) electrons. The Morgan fingerprint density at radius 3 is 1.48 bits per heavy atom. The largest absolute Gasteiger partial charge is 0.375 e. The van der Waals surface area contributed by atoms with Gasteiger partial charge in [0.15, 0.2) is 0 Å². The van der Waals surface area contributed by atoms with Crippen LogP contribution >= 0.6 is 0 Å². The molecule has 156 valence electrons. The second-order valence-corrected chi connectivity index (χ2v) is 7.14. The van der Waals surface area contributed by atoms with Crippen LogP contribution in [0.2, 0.25) is 0 Å². The third-order valence-corrected chi connectivity index (χ3v) is 5.14. The van der Waals surface area contributed by atoms with E-state index in [9.17, 15) is 0 Å². The molecule has 0 amide bonds. The number of ether oxygens (including phenoxy) is 1. The molecule has 0 fully saturated rings. The van der Waals surface area contributed by atoms with E-state index >= 15 is 0 Å². The van der Waals surface area contributed by atoms with Crippen molar-refractivity contribution in [3.63, 3.8) is 0 Å². The molecule has 2 N–H and O–H groups in total. The Morgan fingerprint density at radius 2 is 1.10 bits per heavy atom. The molecule has 2 nitrogen and oxygen atoms in total. The molecule has 4 aromatic rings. The molecule has 0 aromatic heterocycles.